The van der Waals surface area contributed by atoms with Crippen LogP contribution in [0.5, 0.6) is 0 Å². The van der Waals surface area contributed by atoms with Gasteiger partial charge in [0.1, 0.15) is 11.6 Å². The number of nitrogens with two attached hydrogens (primary N) is 1. The van der Waals surface area contributed by atoms with Crippen LogP contribution in [-0.2, 0) is 17.8 Å². The molecule has 6 heteroatoms. The number of benzene rings is 2. The Hall–Kier alpha value is -3.41. The van der Waals surface area contributed by atoms with E-state index in [1.807, 2.05) is 42.5 Å². The number of aromatic nitrogens is 1. The zero-order chi connectivity index (χ0) is 18.3. The number of para-hydroxylation sites is 1. The van der Waals surface area contributed by atoms with Gasteiger partial charge in [-0.15, -0.1) is 0 Å². The number of nitrogens with one attached hydrogen (secondary N) is 1. The van der Waals surface area contributed by atoms with Crippen LogP contribution in [0.15, 0.2) is 59.4 Å². The van der Waals surface area contributed by atoms with Crippen molar-refractivity contribution in [1.82, 2.24) is 9.88 Å². The summed E-state index contributed by atoms with van der Waals surface area (Å²) in [6.45, 7) is 0.245. The quantitative estimate of drug-likeness (QED) is 0.736. The number of fused-ring (bicyclic) bond motifs is 2. The van der Waals surface area contributed by atoms with Crippen molar-refractivity contribution >= 4 is 22.7 Å². The van der Waals surface area contributed by atoms with Gasteiger partial charge in [0.2, 0.25) is 5.91 Å². The number of carbonyl (C=O) groups is 2. The van der Waals surface area contributed by atoms with E-state index in [1.165, 1.54) is 4.90 Å². The number of pyridine rings is 1. The first-order chi connectivity index (χ1) is 12.5. The SMILES string of the molecule is NC(=O)[C@@H]1Cc2ccccc2CN1C(=O)c1cc2ccccc2[nH]c1=O. The average molecular weight is 347 g/mol. The molecule has 0 aliphatic carbocycles. The molecule has 3 aromatic rings. The number of hydrogen-bond acceptors (Lipinski definition) is 3. The predicted molar refractivity (Wildman–Crippen MR) is 97.6 cm³/mol. The second-order valence-corrected chi connectivity index (χ2v) is 6.42. The fourth-order valence-corrected chi connectivity index (χ4v) is 3.45. The van der Waals surface area contributed by atoms with Crippen molar-refractivity contribution in [3.05, 3.63) is 81.6 Å². The summed E-state index contributed by atoms with van der Waals surface area (Å²) in [5.74, 6) is -1.07. The summed E-state index contributed by atoms with van der Waals surface area (Å²) in [5.41, 5.74) is 7.68. The van der Waals surface area contributed by atoms with Gasteiger partial charge in [0.25, 0.3) is 11.5 Å². The Kier molecular flexibility index (Phi) is 3.80. The molecular formula is C20H17N3O3. The molecule has 1 aliphatic heterocycles. The highest BCUT2D eigenvalue weighted by molar-refractivity contribution is 5.99. The Balaban J connectivity index is 1.78. The molecule has 4 rings (SSSR count). The van der Waals surface area contributed by atoms with E-state index in [-0.39, 0.29) is 12.1 Å². The molecule has 2 heterocycles. The van der Waals surface area contributed by atoms with Crippen LogP contribution in [0.2, 0.25) is 0 Å². The monoisotopic (exact) mass is 347 g/mol. The molecule has 2 aromatic carbocycles. The first kappa shape index (κ1) is 16.1. The molecule has 130 valence electrons. The molecule has 1 aliphatic rings. The lowest BCUT2D eigenvalue weighted by Gasteiger charge is -2.35. The number of nitrogens with zero attached hydrogens (tertiary/aromatic N) is 1. The van der Waals surface area contributed by atoms with Gasteiger partial charge in [0, 0.05) is 18.5 Å². The van der Waals surface area contributed by atoms with Crippen molar-refractivity contribution in [2.24, 2.45) is 5.73 Å². The highest BCUT2D eigenvalue weighted by Gasteiger charge is 2.34. The normalized spacial score (nSPS) is 16.3. The van der Waals surface area contributed by atoms with Gasteiger partial charge in [-0.05, 0) is 28.6 Å². The number of H-pyrrole nitrogens is 1. The Labute approximate surface area is 149 Å². The first-order valence-corrected chi connectivity index (χ1v) is 8.34. The molecular weight excluding hydrogens is 330 g/mol. The van der Waals surface area contributed by atoms with Crippen molar-refractivity contribution in [1.29, 1.82) is 0 Å². The topological polar surface area (TPSA) is 96.3 Å². The van der Waals surface area contributed by atoms with Crippen molar-refractivity contribution in [3.63, 3.8) is 0 Å². The van der Waals surface area contributed by atoms with Crippen molar-refractivity contribution in [2.75, 3.05) is 0 Å². The summed E-state index contributed by atoms with van der Waals surface area (Å²) in [7, 11) is 0. The molecule has 1 aromatic heterocycles. The summed E-state index contributed by atoms with van der Waals surface area (Å²) >= 11 is 0. The van der Waals surface area contributed by atoms with Crippen LogP contribution in [-0.4, -0.2) is 27.7 Å². The van der Waals surface area contributed by atoms with Crippen LogP contribution in [0.3, 0.4) is 0 Å². The third-order valence-electron chi connectivity index (χ3n) is 4.82. The van der Waals surface area contributed by atoms with E-state index in [0.717, 1.165) is 16.5 Å². The molecule has 6 nitrogen and oxygen atoms in total. The van der Waals surface area contributed by atoms with E-state index >= 15 is 0 Å². The molecule has 1 atom stereocenters. The van der Waals surface area contributed by atoms with Crippen LogP contribution in [0.1, 0.15) is 21.5 Å². The molecule has 0 radical (unpaired) electrons. The summed E-state index contributed by atoms with van der Waals surface area (Å²) in [5, 5.41) is 0.753. The maximum absolute atomic E-state index is 13.1. The Morgan fingerprint density at radius 2 is 1.73 bits per heavy atom. The van der Waals surface area contributed by atoms with E-state index < -0.39 is 23.4 Å². The summed E-state index contributed by atoms with van der Waals surface area (Å²) < 4.78 is 0. The third kappa shape index (κ3) is 2.65. The fourth-order valence-electron chi connectivity index (χ4n) is 3.45. The average Bonchev–Trinajstić information content (AvgIpc) is 2.65. The molecule has 2 amide bonds. The molecule has 0 saturated heterocycles. The largest absolute Gasteiger partial charge is 0.368 e. The van der Waals surface area contributed by atoms with Crippen LogP contribution >= 0.6 is 0 Å². The molecule has 0 bridgehead atoms. The smallest absolute Gasteiger partial charge is 0.261 e. The minimum absolute atomic E-state index is 0.00864. The first-order valence-electron chi connectivity index (χ1n) is 8.34. The number of rotatable bonds is 2. The van der Waals surface area contributed by atoms with Gasteiger partial charge in [0.05, 0.1) is 0 Å². The second kappa shape index (κ2) is 6.15. The Morgan fingerprint density at radius 1 is 1.04 bits per heavy atom. The zero-order valence-corrected chi connectivity index (χ0v) is 13.9. The number of carbonyl (C=O) groups excluding carboxylic acids is 2. The lowest BCUT2D eigenvalue weighted by molar-refractivity contribution is -0.122. The minimum Gasteiger partial charge on any atom is -0.368 e. The standard InChI is InChI=1S/C20H17N3O3/c21-18(24)17-10-12-5-1-2-7-14(12)11-23(17)20(26)15-9-13-6-3-4-8-16(13)22-19(15)25/h1-9,17H,10-11H2,(H2,21,24)(H,22,25)/t17-/m0/s1. The predicted octanol–water partition coefficient (Wildman–Crippen LogP) is 1.58. The van der Waals surface area contributed by atoms with Crippen molar-refractivity contribution in [2.45, 2.75) is 19.0 Å². The maximum atomic E-state index is 13.1. The Bertz CT molecular complexity index is 1090. The second-order valence-electron chi connectivity index (χ2n) is 6.42. The third-order valence-corrected chi connectivity index (χ3v) is 4.82. The molecule has 26 heavy (non-hydrogen) atoms. The van der Waals surface area contributed by atoms with E-state index in [4.69, 9.17) is 5.73 Å². The maximum Gasteiger partial charge on any atom is 0.261 e. The number of amides is 2. The summed E-state index contributed by atoms with van der Waals surface area (Å²) in [4.78, 5) is 41.6. The molecule has 0 saturated carbocycles. The molecule has 0 fully saturated rings. The number of primary amides is 1. The zero-order valence-electron chi connectivity index (χ0n) is 13.9. The van der Waals surface area contributed by atoms with E-state index in [1.54, 1.807) is 12.1 Å². The van der Waals surface area contributed by atoms with Crippen LogP contribution in [0.25, 0.3) is 10.9 Å². The lowest BCUT2D eigenvalue weighted by atomic mass is 9.93. The van der Waals surface area contributed by atoms with E-state index in [2.05, 4.69) is 4.98 Å². The van der Waals surface area contributed by atoms with Crippen LogP contribution in [0.4, 0.5) is 0 Å². The van der Waals surface area contributed by atoms with Crippen LogP contribution < -0.4 is 11.3 Å². The van der Waals surface area contributed by atoms with Gasteiger partial charge in [0.15, 0.2) is 0 Å². The Morgan fingerprint density at radius 3 is 2.50 bits per heavy atom. The minimum atomic E-state index is -0.775. The fraction of sp³-hybridized carbons (Fsp3) is 0.150. The highest BCUT2D eigenvalue weighted by atomic mass is 16.2. The lowest BCUT2D eigenvalue weighted by Crippen LogP contribution is -2.52. The molecule has 0 spiro atoms. The van der Waals surface area contributed by atoms with Gasteiger partial charge >= 0.3 is 0 Å². The molecule has 0 unspecified atom stereocenters. The van der Waals surface area contributed by atoms with Gasteiger partial charge < -0.3 is 15.6 Å². The summed E-state index contributed by atoms with van der Waals surface area (Å²) in [6, 6.07) is 15.6. The van der Waals surface area contributed by atoms with Gasteiger partial charge in [-0.1, -0.05) is 42.5 Å². The van der Waals surface area contributed by atoms with Gasteiger partial charge in [-0.3, -0.25) is 14.4 Å². The van der Waals surface area contributed by atoms with Crippen molar-refractivity contribution in [3.8, 4) is 0 Å². The van der Waals surface area contributed by atoms with Crippen molar-refractivity contribution < 1.29 is 9.59 Å². The van der Waals surface area contributed by atoms with E-state index in [9.17, 15) is 14.4 Å². The van der Waals surface area contributed by atoms with E-state index in [0.29, 0.717) is 11.9 Å². The van der Waals surface area contributed by atoms with Crippen LogP contribution in [0, 0.1) is 0 Å². The highest BCUT2D eigenvalue weighted by Crippen LogP contribution is 2.25. The number of hydrogen-bond donors (Lipinski definition) is 2. The van der Waals surface area contributed by atoms with Gasteiger partial charge in [-0.2, -0.15) is 0 Å². The molecule has 3 N–H and O–H groups in total. The summed E-state index contributed by atoms with van der Waals surface area (Å²) in [6.07, 6.45) is 0.350. The van der Waals surface area contributed by atoms with Gasteiger partial charge in [-0.25, -0.2) is 0 Å². The number of aromatic amines is 1.